The Kier molecular flexibility index (Phi) is 6.40. The van der Waals surface area contributed by atoms with Crippen LogP contribution in [-0.2, 0) is 24.3 Å². The van der Waals surface area contributed by atoms with Gasteiger partial charge in [0, 0.05) is 31.5 Å². The quantitative estimate of drug-likeness (QED) is 0.417. The van der Waals surface area contributed by atoms with E-state index in [2.05, 4.69) is 15.5 Å². The van der Waals surface area contributed by atoms with Crippen LogP contribution in [-0.4, -0.2) is 39.3 Å². The summed E-state index contributed by atoms with van der Waals surface area (Å²) in [6.45, 7) is 2.91. The van der Waals surface area contributed by atoms with Crippen LogP contribution in [0.4, 0.5) is 0 Å². The Balaban J connectivity index is 1.52. The average Bonchev–Trinajstić information content (AvgIpc) is 3.46. The van der Waals surface area contributed by atoms with Gasteiger partial charge < -0.3 is 14.8 Å². The molecule has 10 heteroatoms. The highest BCUT2D eigenvalue weighted by molar-refractivity contribution is 7.17. The molecule has 0 spiro atoms. The molecule has 1 aromatic carbocycles. The van der Waals surface area contributed by atoms with E-state index in [-0.39, 0.29) is 17.9 Å². The Morgan fingerprint density at radius 3 is 2.78 bits per heavy atom. The molecule has 0 radical (unpaired) electrons. The second kappa shape index (κ2) is 9.39. The number of thiophene rings is 1. The first-order valence-electron chi connectivity index (χ1n) is 10.4. The van der Waals surface area contributed by atoms with Gasteiger partial charge in [-0.15, -0.1) is 21.5 Å². The van der Waals surface area contributed by atoms with Crippen LogP contribution < -0.4 is 20.3 Å². The molecule has 0 unspecified atom stereocenters. The maximum atomic E-state index is 12.8. The molecule has 3 heterocycles. The number of fused-ring (bicyclic) bond motifs is 3. The molecule has 32 heavy (non-hydrogen) atoms. The van der Waals surface area contributed by atoms with E-state index in [0.717, 1.165) is 17.5 Å². The van der Waals surface area contributed by atoms with Crippen molar-refractivity contribution in [2.24, 2.45) is 0 Å². The van der Waals surface area contributed by atoms with Crippen molar-refractivity contribution in [3.8, 4) is 11.5 Å². The van der Waals surface area contributed by atoms with Gasteiger partial charge in [0.15, 0.2) is 0 Å². The largest absolute Gasteiger partial charge is 0.497 e. The molecule has 4 rings (SSSR count). The molecule has 1 amide bonds. The minimum atomic E-state index is -0.116. The number of aromatic nitrogens is 4. The molecular formula is C22H25N5O4S. The molecule has 9 nitrogen and oxygen atoms in total. The van der Waals surface area contributed by atoms with Gasteiger partial charge in [0.05, 0.1) is 19.7 Å². The van der Waals surface area contributed by atoms with E-state index in [0.29, 0.717) is 47.3 Å². The zero-order chi connectivity index (χ0) is 22.7. The maximum Gasteiger partial charge on any atom is 0.272 e. The van der Waals surface area contributed by atoms with Crippen molar-refractivity contribution >= 4 is 33.2 Å². The van der Waals surface area contributed by atoms with E-state index >= 15 is 0 Å². The van der Waals surface area contributed by atoms with Gasteiger partial charge in [0.1, 0.15) is 22.0 Å². The number of rotatable bonds is 9. The molecule has 1 N–H and O–H groups in total. The molecule has 0 saturated heterocycles. The Morgan fingerprint density at radius 1 is 1.19 bits per heavy atom. The fraction of sp³-hybridized carbons (Fsp3) is 0.364. The van der Waals surface area contributed by atoms with Crippen LogP contribution in [0.15, 0.2) is 34.4 Å². The fourth-order valence-corrected chi connectivity index (χ4v) is 4.52. The lowest BCUT2D eigenvalue weighted by atomic mass is 10.2. The molecule has 3 aromatic heterocycles. The normalized spacial score (nSPS) is 11.2. The second-order valence-electron chi connectivity index (χ2n) is 7.30. The number of amides is 1. The summed E-state index contributed by atoms with van der Waals surface area (Å²) >= 11 is 1.41. The second-order valence-corrected chi connectivity index (χ2v) is 8.21. The smallest absolute Gasteiger partial charge is 0.272 e. The van der Waals surface area contributed by atoms with Crippen LogP contribution in [0.25, 0.3) is 16.0 Å². The van der Waals surface area contributed by atoms with Crippen molar-refractivity contribution in [3.63, 3.8) is 0 Å². The zero-order valence-electron chi connectivity index (χ0n) is 18.3. The summed E-state index contributed by atoms with van der Waals surface area (Å²) in [6, 6.07) is 7.35. The van der Waals surface area contributed by atoms with Crippen LogP contribution in [0, 0.1) is 0 Å². The van der Waals surface area contributed by atoms with Crippen molar-refractivity contribution in [1.29, 1.82) is 0 Å². The molecule has 0 aliphatic rings. The summed E-state index contributed by atoms with van der Waals surface area (Å²) in [5.74, 6) is 2.43. The van der Waals surface area contributed by atoms with Gasteiger partial charge in [0.25, 0.3) is 5.56 Å². The predicted octanol–water partition coefficient (Wildman–Crippen LogP) is 2.78. The van der Waals surface area contributed by atoms with Crippen LogP contribution in [0.5, 0.6) is 11.5 Å². The lowest BCUT2D eigenvalue weighted by Crippen LogP contribution is -2.24. The van der Waals surface area contributed by atoms with E-state index in [1.165, 1.54) is 11.3 Å². The number of hydrogen-bond donors (Lipinski definition) is 1. The minimum Gasteiger partial charge on any atom is -0.497 e. The predicted molar refractivity (Wildman–Crippen MR) is 123 cm³/mol. The van der Waals surface area contributed by atoms with E-state index in [1.54, 1.807) is 18.8 Å². The van der Waals surface area contributed by atoms with E-state index in [4.69, 9.17) is 9.47 Å². The number of carbonyl (C=O) groups is 1. The van der Waals surface area contributed by atoms with Gasteiger partial charge in [-0.1, -0.05) is 6.92 Å². The zero-order valence-corrected chi connectivity index (χ0v) is 19.1. The molecule has 4 aromatic rings. The Morgan fingerprint density at radius 2 is 2.03 bits per heavy atom. The van der Waals surface area contributed by atoms with E-state index in [1.807, 2.05) is 41.0 Å². The first kappa shape index (κ1) is 21.8. The van der Waals surface area contributed by atoms with E-state index in [9.17, 15) is 9.59 Å². The summed E-state index contributed by atoms with van der Waals surface area (Å²) in [5.41, 5.74) is 1.56. The highest BCUT2D eigenvalue weighted by atomic mass is 32.1. The van der Waals surface area contributed by atoms with Crippen molar-refractivity contribution in [2.75, 3.05) is 14.2 Å². The Hall–Kier alpha value is -3.40. The lowest BCUT2D eigenvalue weighted by molar-refractivity contribution is -0.121. The first-order chi connectivity index (χ1) is 15.6. The third-order valence-electron chi connectivity index (χ3n) is 5.27. The molecule has 0 atom stereocenters. The summed E-state index contributed by atoms with van der Waals surface area (Å²) in [4.78, 5) is 25.3. The minimum absolute atomic E-state index is 0.0479. The molecule has 0 bridgehead atoms. The first-order valence-corrected chi connectivity index (χ1v) is 11.3. The Labute approximate surface area is 188 Å². The summed E-state index contributed by atoms with van der Waals surface area (Å²) in [6.07, 6.45) is 1.45. The number of methoxy groups -OCH3 is 2. The van der Waals surface area contributed by atoms with Crippen molar-refractivity contribution < 1.29 is 14.3 Å². The number of carbonyl (C=O) groups excluding carboxylic acids is 1. The third-order valence-corrected chi connectivity index (χ3v) is 6.16. The molecule has 168 valence electrons. The molecular weight excluding hydrogens is 430 g/mol. The average molecular weight is 456 g/mol. The monoisotopic (exact) mass is 455 g/mol. The standard InChI is InChI=1S/C22H25N5O4S/c1-4-10-26-21(29)20-16(9-11-32-20)27-18(24-25-22(26)27)7-8-19(28)23-13-14-12-15(30-2)5-6-17(14)31-3/h5-6,9,11-12H,4,7-8,10,13H2,1-3H3,(H,23,28). The van der Waals surface area contributed by atoms with Crippen LogP contribution in [0.2, 0.25) is 0 Å². The van der Waals surface area contributed by atoms with Crippen LogP contribution in [0.3, 0.4) is 0 Å². The lowest BCUT2D eigenvalue weighted by Gasteiger charge is -2.11. The topological polar surface area (TPSA) is 99.8 Å². The summed E-state index contributed by atoms with van der Waals surface area (Å²) in [5, 5.41) is 13.4. The van der Waals surface area contributed by atoms with Crippen LogP contribution in [0.1, 0.15) is 31.2 Å². The molecule has 0 saturated carbocycles. The molecule has 0 fully saturated rings. The summed E-state index contributed by atoms with van der Waals surface area (Å²) < 4.78 is 14.8. The number of hydrogen-bond acceptors (Lipinski definition) is 7. The van der Waals surface area contributed by atoms with Crippen molar-refractivity contribution in [3.05, 3.63) is 51.4 Å². The fourth-order valence-electron chi connectivity index (χ4n) is 3.70. The van der Waals surface area contributed by atoms with Gasteiger partial charge in [-0.05, 0) is 36.1 Å². The summed E-state index contributed by atoms with van der Waals surface area (Å²) in [7, 11) is 3.18. The highest BCUT2D eigenvalue weighted by Gasteiger charge is 2.18. The van der Waals surface area contributed by atoms with E-state index < -0.39 is 0 Å². The van der Waals surface area contributed by atoms with Gasteiger partial charge in [0.2, 0.25) is 11.7 Å². The number of nitrogens with zero attached hydrogens (tertiary/aromatic N) is 4. The number of ether oxygens (including phenoxy) is 2. The van der Waals surface area contributed by atoms with Crippen molar-refractivity contribution in [1.82, 2.24) is 24.5 Å². The maximum absolute atomic E-state index is 12.8. The van der Waals surface area contributed by atoms with Gasteiger partial charge in [-0.25, -0.2) is 0 Å². The van der Waals surface area contributed by atoms with Gasteiger partial charge in [-0.2, -0.15) is 0 Å². The molecule has 0 aliphatic carbocycles. The number of benzene rings is 1. The SMILES string of the molecule is CCCn1c(=O)c2sccc2n2c(CCC(=O)NCc3cc(OC)ccc3OC)nnc12. The third kappa shape index (κ3) is 4.05. The number of nitrogens with one attached hydrogen (secondary N) is 1. The molecule has 0 aliphatic heterocycles. The highest BCUT2D eigenvalue weighted by Crippen LogP contribution is 2.24. The van der Waals surface area contributed by atoms with Gasteiger partial charge in [-0.3, -0.25) is 18.6 Å². The van der Waals surface area contributed by atoms with Crippen LogP contribution >= 0.6 is 11.3 Å². The van der Waals surface area contributed by atoms with Crippen molar-refractivity contribution in [2.45, 2.75) is 39.3 Å². The Bertz CT molecular complexity index is 1320. The number of aryl methyl sites for hydroxylation is 2. The van der Waals surface area contributed by atoms with Gasteiger partial charge >= 0.3 is 0 Å².